The van der Waals surface area contributed by atoms with Crippen LogP contribution in [0.3, 0.4) is 0 Å². The molecule has 102 valence electrons. The number of nitrogens with two attached hydrogens (primary N) is 1. The first-order valence-corrected chi connectivity index (χ1v) is 8.07. The van der Waals surface area contributed by atoms with Crippen LogP contribution in [-0.4, -0.2) is 12.6 Å². The van der Waals surface area contributed by atoms with Crippen LogP contribution in [0, 0.1) is 0 Å². The molecule has 1 heterocycles. The van der Waals surface area contributed by atoms with Crippen molar-refractivity contribution in [3.8, 4) is 5.75 Å². The fourth-order valence-electron chi connectivity index (χ4n) is 1.93. The zero-order valence-electron chi connectivity index (χ0n) is 10.9. The van der Waals surface area contributed by atoms with Crippen LogP contribution in [0.25, 0.3) is 0 Å². The number of hydrogen-bond acceptors (Lipinski definition) is 3. The van der Waals surface area contributed by atoms with Gasteiger partial charge in [-0.2, -0.15) is 11.3 Å². The van der Waals surface area contributed by atoms with Gasteiger partial charge in [-0.1, -0.05) is 12.1 Å². The number of halogens is 1. The van der Waals surface area contributed by atoms with Crippen molar-refractivity contribution in [3.05, 3.63) is 50.6 Å². The molecule has 0 aliphatic carbocycles. The molecule has 2 rings (SSSR count). The zero-order chi connectivity index (χ0) is 13.7. The number of ether oxygens (including phenoxy) is 1. The van der Waals surface area contributed by atoms with Gasteiger partial charge in [0, 0.05) is 12.5 Å². The van der Waals surface area contributed by atoms with Gasteiger partial charge in [0.1, 0.15) is 5.75 Å². The lowest BCUT2D eigenvalue weighted by Crippen LogP contribution is -2.18. The van der Waals surface area contributed by atoms with Gasteiger partial charge in [-0.3, -0.25) is 0 Å². The monoisotopic (exact) mass is 339 g/mol. The summed E-state index contributed by atoms with van der Waals surface area (Å²) in [6.07, 6.45) is 1.76. The first-order valence-electron chi connectivity index (χ1n) is 6.33. The Balaban J connectivity index is 2.01. The summed E-state index contributed by atoms with van der Waals surface area (Å²) in [7, 11) is 0. The van der Waals surface area contributed by atoms with Crippen molar-refractivity contribution in [2.75, 3.05) is 6.61 Å². The smallest absolute Gasteiger partial charge is 0.136 e. The van der Waals surface area contributed by atoms with Gasteiger partial charge in [0.05, 0.1) is 11.1 Å². The molecule has 0 fully saturated rings. The lowest BCUT2D eigenvalue weighted by atomic mass is 10.1. The molecular formula is C15H18BrNOS. The van der Waals surface area contributed by atoms with E-state index in [0.717, 1.165) is 28.6 Å². The lowest BCUT2D eigenvalue weighted by Gasteiger charge is -2.14. The molecule has 2 aromatic rings. The summed E-state index contributed by atoms with van der Waals surface area (Å²) in [5, 5.41) is 4.25. The summed E-state index contributed by atoms with van der Waals surface area (Å²) in [6.45, 7) is 2.70. The van der Waals surface area contributed by atoms with E-state index < -0.39 is 0 Å². The number of rotatable bonds is 6. The second kappa shape index (κ2) is 7.08. The van der Waals surface area contributed by atoms with Crippen molar-refractivity contribution in [2.45, 2.75) is 25.8 Å². The van der Waals surface area contributed by atoms with Crippen LogP contribution in [0.2, 0.25) is 0 Å². The van der Waals surface area contributed by atoms with E-state index in [1.54, 1.807) is 11.3 Å². The maximum atomic E-state index is 5.94. The Morgan fingerprint density at radius 2 is 2.21 bits per heavy atom. The van der Waals surface area contributed by atoms with Gasteiger partial charge in [0.15, 0.2) is 0 Å². The summed E-state index contributed by atoms with van der Waals surface area (Å²) in [5.41, 5.74) is 8.37. The Hall–Kier alpha value is -0.840. The van der Waals surface area contributed by atoms with E-state index in [0.29, 0.717) is 6.61 Å². The van der Waals surface area contributed by atoms with E-state index in [1.807, 2.05) is 19.1 Å². The van der Waals surface area contributed by atoms with E-state index in [-0.39, 0.29) is 6.04 Å². The Labute approximate surface area is 126 Å². The molecule has 1 aromatic heterocycles. The topological polar surface area (TPSA) is 35.2 Å². The standard InChI is InChI=1S/C15H18BrNOS/c1-11(17)9-13-3-2-4-14(16)15(13)18-7-5-12-6-8-19-10-12/h2-4,6,8,10-11H,5,7,9,17H2,1H3. The van der Waals surface area contributed by atoms with Gasteiger partial charge < -0.3 is 10.5 Å². The molecular weight excluding hydrogens is 322 g/mol. The fraction of sp³-hybridized carbons (Fsp3) is 0.333. The molecule has 0 spiro atoms. The van der Waals surface area contributed by atoms with E-state index >= 15 is 0 Å². The van der Waals surface area contributed by atoms with Crippen molar-refractivity contribution in [1.82, 2.24) is 0 Å². The molecule has 2 nitrogen and oxygen atoms in total. The SMILES string of the molecule is CC(N)Cc1cccc(Br)c1OCCc1ccsc1. The predicted molar refractivity (Wildman–Crippen MR) is 85.0 cm³/mol. The highest BCUT2D eigenvalue weighted by Gasteiger charge is 2.09. The Morgan fingerprint density at radius 1 is 1.37 bits per heavy atom. The molecule has 1 atom stereocenters. The van der Waals surface area contributed by atoms with Crippen molar-refractivity contribution in [2.24, 2.45) is 5.73 Å². The van der Waals surface area contributed by atoms with Crippen LogP contribution in [0.4, 0.5) is 0 Å². The summed E-state index contributed by atoms with van der Waals surface area (Å²) in [6, 6.07) is 8.37. The third kappa shape index (κ3) is 4.34. The Kier molecular flexibility index (Phi) is 5.43. The van der Waals surface area contributed by atoms with E-state index in [1.165, 1.54) is 5.56 Å². The normalized spacial score (nSPS) is 12.4. The van der Waals surface area contributed by atoms with E-state index in [2.05, 4.69) is 38.8 Å². The van der Waals surface area contributed by atoms with Crippen molar-refractivity contribution >= 4 is 27.3 Å². The van der Waals surface area contributed by atoms with Crippen LogP contribution in [0.1, 0.15) is 18.1 Å². The average molecular weight is 340 g/mol. The third-order valence-electron chi connectivity index (χ3n) is 2.81. The van der Waals surface area contributed by atoms with Crippen molar-refractivity contribution in [1.29, 1.82) is 0 Å². The third-order valence-corrected chi connectivity index (χ3v) is 4.16. The van der Waals surface area contributed by atoms with Crippen LogP contribution >= 0.6 is 27.3 Å². The summed E-state index contributed by atoms with van der Waals surface area (Å²) in [5.74, 6) is 0.926. The number of hydrogen-bond donors (Lipinski definition) is 1. The quantitative estimate of drug-likeness (QED) is 0.862. The molecule has 0 saturated heterocycles. The molecule has 4 heteroatoms. The summed E-state index contributed by atoms with van der Waals surface area (Å²) >= 11 is 5.27. The first kappa shape index (κ1) is 14.6. The highest BCUT2D eigenvalue weighted by molar-refractivity contribution is 9.10. The molecule has 2 N–H and O–H groups in total. The van der Waals surface area contributed by atoms with Gasteiger partial charge in [0.2, 0.25) is 0 Å². The Morgan fingerprint density at radius 3 is 2.89 bits per heavy atom. The highest BCUT2D eigenvalue weighted by Crippen LogP contribution is 2.30. The van der Waals surface area contributed by atoms with Gasteiger partial charge in [-0.15, -0.1) is 0 Å². The maximum Gasteiger partial charge on any atom is 0.136 e. The van der Waals surface area contributed by atoms with E-state index in [4.69, 9.17) is 10.5 Å². The van der Waals surface area contributed by atoms with Crippen LogP contribution in [0.15, 0.2) is 39.5 Å². The van der Waals surface area contributed by atoms with Crippen molar-refractivity contribution in [3.63, 3.8) is 0 Å². The summed E-state index contributed by atoms with van der Waals surface area (Å²) < 4.78 is 6.94. The maximum absolute atomic E-state index is 5.94. The van der Waals surface area contributed by atoms with Crippen LogP contribution in [0.5, 0.6) is 5.75 Å². The second-order valence-electron chi connectivity index (χ2n) is 4.64. The minimum Gasteiger partial charge on any atom is -0.492 e. The molecule has 1 unspecified atom stereocenters. The molecule has 0 radical (unpaired) electrons. The first-order chi connectivity index (χ1) is 9.16. The molecule has 1 aromatic carbocycles. The average Bonchev–Trinajstić information content (AvgIpc) is 2.85. The van der Waals surface area contributed by atoms with Gasteiger partial charge in [0.25, 0.3) is 0 Å². The minimum absolute atomic E-state index is 0.133. The predicted octanol–water partition coefficient (Wildman–Crippen LogP) is 4.02. The zero-order valence-corrected chi connectivity index (χ0v) is 13.3. The number of thiophene rings is 1. The van der Waals surface area contributed by atoms with Gasteiger partial charge in [-0.25, -0.2) is 0 Å². The molecule has 0 saturated carbocycles. The van der Waals surface area contributed by atoms with Gasteiger partial charge in [-0.05, 0) is 63.3 Å². The van der Waals surface area contributed by atoms with E-state index in [9.17, 15) is 0 Å². The number of benzene rings is 1. The summed E-state index contributed by atoms with van der Waals surface area (Å²) in [4.78, 5) is 0. The molecule has 0 aliphatic heterocycles. The van der Waals surface area contributed by atoms with Crippen LogP contribution in [-0.2, 0) is 12.8 Å². The Bertz CT molecular complexity index is 511. The lowest BCUT2D eigenvalue weighted by molar-refractivity contribution is 0.316. The second-order valence-corrected chi connectivity index (χ2v) is 6.27. The van der Waals surface area contributed by atoms with Crippen molar-refractivity contribution < 1.29 is 4.74 Å². The molecule has 19 heavy (non-hydrogen) atoms. The fourth-order valence-corrected chi connectivity index (χ4v) is 3.15. The molecule has 0 amide bonds. The molecule has 0 aliphatic rings. The van der Waals surface area contributed by atoms with Gasteiger partial charge >= 0.3 is 0 Å². The largest absolute Gasteiger partial charge is 0.492 e. The number of para-hydroxylation sites is 1. The van der Waals surface area contributed by atoms with Crippen LogP contribution < -0.4 is 10.5 Å². The molecule has 0 bridgehead atoms. The highest BCUT2D eigenvalue weighted by atomic mass is 79.9. The minimum atomic E-state index is 0.133.